The lowest BCUT2D eigenvalue weighted by molar-refractivity contribution is 0.0219. The second kappa shape index (κ2) is 8.49. The highest BCUT2D eigenvalue weighted by Gasteiger charge is 2.22. The van der Waals surface area contributed by atoms with Gasteiger partial charge in [-0.25, -0.2) is 9.55 Å². The van der Waals surface area contributed by atoms with Gasteiger partial charge < -0.3 is 25.6 Å². The number of aromatic amines is 1. The average molecular weight is 379 g/mol. The predicted molar refractivity (Wildman–Crippen MR) is 83.3 cm³/mol. The molecule has 0 amide bonds. The third-order valence-corrected chi connectivity index (χ3v) is 3.83. The first-order chi connectivity index (χ1) is 11.8. The van der Waals surface area contributed by atoms with E-state index in [0.29, 0.717) is 0 Å². The van der Waals surface area contributed by atoms with Gasteiger partial charge in [0.05, 0.1) is 32.8 Å². The Hall–Kier alpha value is -1.86. The molecule has 140 valence electrons. The van der Waals surface area contributed by atoms with Gasteiger partial charge >= 0.3 is 7.82 Å². The molecule has 0 fully saturated rings. The van der Waals surface area contributed by atoms with Crippen molar-refractivity contribution in [2.75, 3.05) is 32.2 Å². The fourth-order valence-corrected chi connectivity index (χ4v) is 2.45. The number of nitrogens with zero attached hydrogens (tertiary/aromatic N) is 3. The molecule has 13 nitrogen and oxygen atoms in total. The maximum atomic E-state index is 11.6. The third kappa shape index (κ3) is 5.57. The molecule has 0 bridgehead atoms. The number of fused-ring (bicyclic) bond motifs is 1. The molecule has 2 heterocycles. The monoisotopic (exact) mass is 379 g/mol. The van der Waals surface area contributed by atoms with Crippen molar-refractivity contribution in [1.82, 2.24) is 19.5 Å². The van der Waals surface area contributed by atoms with Gasteiger partial charge in [0, 0.05) is 0 Å². The van der Waals surface area contributed by atoms with E-state index in [1.807, 2.05) is 0 Å². The molecule has 25 heavy (non-hydrogen) atoms. The van der Waals surface area contributed by atoms with Crippen molar-refractivity contribution in [1.29, 1.82) is 0 Å². The first-order valence-corrected chi connectivity index (χ1v) is 8.51. The van der Waals surface area contributed by atoms with Crippen molar-refractivity contribution in [2.45, 2.75) is 12.8 Å². The van der Waals surface area contributed by atoms with Crippen LogP contribution in [0.5, 0.6) is 0 Å². The maximum absolute atomic E-state index is 11.6. The van der Waals surface area contributed by atoms with Crippen LogP contribution in [0.25, 0.3) is 11.2 Å². The van der Waals surface area contributed by atoms with Crippen LogP contribution in [0.2, 0.25) is 0 Å². The molecule has 0 saturated carbocycles. The molecule has 2 aromatic heterocycles. The van der Waals surface area contributed by atoms with Crippen molar-refractivity contribution in [3.63, 3.8) is 0 Å². The summed E-state index contributed by atoms with van der Waals surface area (Å²) >= 11 is 0. The van der Waals surface area contributed by atoms with E-state index >= 15 is 0 Å². The van der Waals surface area contributed by atoms with E-state index in [4.69, 9.17) is 20.7 Å². The van der Waals surface area contributed by atoms with E-state index in [1.165, 1.54) is 10.9 Å². The molecule has 2 unspecified atom stereocenters. The number of rotatable bonds is 10. The molecule has 6 N–H and O–H groups in total. The van der Waals surface area contributed by atoms with Crippen LogP contribution in [0.4, 0.5) is 5.95 Å². The van der Waals surface area contributed by atoms with E-state index in [-0.39, 0.29) is 37.1 Å². The number of phosphoric acid groups is 1. The smallest absolute Gasteiger partial charge is 0.394 e. The van der Waals surface area contributed by atoms with Gasteiger partial charge in [-0.1, -0.05) is 0 Å². The van der Waals surface area contributed by atoms with E-state index in [1.54, 1.807) is 0 Å². The van der Waals surface area contributed by atoms with Gasteiger partial charge in [0.25, 0.3) is 5.56 Å². The van der Waals surface area contributed by atoms with Gasteiger partial charge in [-0.15, -0.1) is 0 Å². The van der Waals surface area contributed by atoms with Crippen LogP contribution < -0.4 is 11.3 Å². The first kappa shape index (κ1) is 19.5. The van der Waals surface area contributed by atoms with Gasteiger partial charge in [-0.2, -0.15) is 4.98 Å². The van der Waals surface area contributed by atoms with E-state index in [0.717, 1.165) is 0 Å². The van der Waals surface area contributed by atoms with E-state index < -0.39 is 32.7 Å². The van der Waals surface area contributed by atoms with Crippen molar-refractivity contribution < 1.29 is 33.5 Å². The van der Waals surface area contributed by atoms with Crippen LogP contribution in [-0.4, -0.2) is 67.2 Å². The van der Waals surface area contributed by atoms with Crippen LogP contribution in [0.3, 0.4) is 0 Å². The second-order valence-electron chi connectivity index (χ2n) is 4.81. The van der Waals surface area contributed by atoms with Crippen LogP contribution in [0.1, 0.15) is 0 Å². The Bertz CT molecular complexity index is 807. The number of H-pyrrole nitrogens is 1. The standard InChI is InChI=1S/C11H18N5O8P/c12-11-14-9-8(10(19)15-11)13-5-16(9)6-22-1-2-23-25(20,21)24-4-7(18)3-17/h5,7,17-18H,1-4,6H2,(H,20,21)(H3,12,14,15,19). The summed E-state index contributed by atoms with van der Waals surface area (Å²) in [6, 6.07) is 0. The number of imidazole rings is 1. The topological polar surface area (TPSA) is 195 Å². The number of aliphatic hydroxyl groups excluding tert-OH is 2. The van der Waals surface area contributed by atoms with Crippen LogP contribution in [0.15, 0.2) is 11.1 Å². The summed E-state index contributed by atoms with van der Waals surface area (Å²) in [5, 5.41) is 17.6. The third-order valence-electron chi connectivity index (χ3n) is 2.85. The van der Waals surface area contributed by atoms with Gasteiger partial charge in [-0.05, 0) is 0 Å². The van der Waals surface area contributed by atoms with Crippen LogP contribution in [-0.2, 0) is 25.1 Å². The Labute approximate surface area is 140 Å². The number of phosphoric ester groups is 1. The predicted octanol–water partition coefficient (Wildman–Crippen LogP) is -1.84. The van der Waals surface area contributed by atoms with E-state index in [2.05, 4.69) is 24.0 Å². The Morgan fingerprint density at radius 2 is 2.16 bits per heavy atom. The Balaban J connectivity index is 1.78. The van der Waals surface area contributed by atoms with Crippen molar-refractivity contribution in [3.8, 4) is 0 Å². The molecule has 0 saturated heterocycles. The van der Waals surface area contributed by atoms with Gasteiger partial charge in [0.15, 0.2) is 11.2 Å². The molecule has 2 rings (SSSR count). The maximum Gasteiger partial charge on any atom is 0.472 e. The second-order valence-corrected chi connectivity index (χ2v) is 6.26. The normalized spacial score (nSPS) is 15.3. The number of nitrogens with two attached hydrogens (primary N) is 1. The van der Waals surface area contributed by atoms with Crippen LogP contribution >= 0.6 is 7.82 Å². The summed E-state index contributed by atoms with van der Waals surface area (Å²) < 4.78 is 27.2. The van der Waals surface area contributed by atoms with E-state index in [9.17, 15) is 14.3 Å². The molecule has 0 aliphatic heterocycles. The molecule has 0 radical (unpaired) electrons. The SMILES string of the molecule is Nc1nc2c(ncn2COCCOP(=O)(O)OCC(O)CO)c(=O)[nH]1. The fraction of sp³-hybridized carbons (Fsp3) is 0.545. The zero-order valence-electron chi connectivity index (χ0n) is 12.9. The number of anilines is 1. The number of aromatic nitrogens is 4. The zero-order chi connectivity index (χ0) is 18.4. The molecular formula is C11H18N5O8P. The number of aliphatic hydroxyl groups is 2. The highest BCUT2D eigenvalue weighted by molar-refractivity contribution is 7.47. The summed E-state index contributed by atoms with van der Waals surface area (Å²) in [4.78, 5) is 31.1. The summed E-state index contributed by atoms with van der Waals surface area (Å²) in [6.45, 7) is -1.55. The molecule has 0 spiro atoms. The van der Waals surface area contributed by atoms with Crippen molar-refractivity contribution >= 4 is 24.9 Å². The lowest BCUT2D eigenvalue weighted by Gasteiger charge is -2.14. The summed E-state index contributed by atoms with van der Waals surface area (Å²) in [5.74, 6) is -0.0639. The van der Waals surface area contributed by atoms with Gasteiger partial charge in [-0.3, -0.25) is 23.4 Å². The molecule has 0 aliphatic rings. The molecule has 0 aromatic carbocycles. The Morgan fingerprint density at radius 1 is 1.40 bits per heavy atom. The first-order valence-electron chi connectivity index (χ1n) is 7.01. The van der Waals surface area contributed by atoms with Crippen LogP contribution in [0, 0.1) is 0 Å². The molecule has 2 atom stereocenters. The molecule has 0 aliphatic carbocycles. The lowest BCUT2D eigenvalue weighted by atomic mass is 10.4. The van der Waals surface area contributed by atoms with Gasteiger partial charge in [0.2, 0.25) is 5.95 Å². The number of ether oxygens (including phenoxy) is 1. The minimum atomic E-state index is -4.36. The molecular weight excluding hydrogens is 361 g/mol. The van der Waals surface area contributed by atoms with Gasteiger partial charge in [0.1, 0.15) is 12.8 Å². The number of nitrogens with one attached hydrogen (secondary N) is 1. The summed E-state index contributed by atoms with van der Waals surface area (Å²) in [5.41, 5.74) is 5.32. The molecule has 14 heteroatoms. The minimum absolute atomic E-state index is 0.0461. The van der Waals surface area contributed by atoms with Crippen molar-refractivity contribution in [3.05, 3.63) is 16.7 Å². The quantitative estimate of drug-likeness (QED) is 0.230. The Morgan fingerprint density at radius 3 is 2.88 bits per heavy atom. The summed E-state index contributed by atoms with van der Waals surface area (Å²) in [7, 11) is -4.36. The summed E-state index contributed by atoms with van der Waals surface area (Å²) in [6.07, 6.45) is 0.0571. The largest absolute Gasteiger partial charge is 0.472 e. The zero-order valence-corrected chi connectivity index (χ0v) is 13.8. The number of nitrogen functional groups attached to an aromatic ring is 1. The number of hydrogen-bond donors (Lipinski definition) is 5. The lowest BCUT2D eigenvalue weighted by Crippen LogP contribution is -2.19. The van der Waals surface area contributed by atoms with Crippen molar-refractivity contribution in [2.24, 2.45) is 0 Å². The highest BCUT2D eigenvalue weighted by atomic mass is 31.2. The molecule has 2 aromatic rings. The highest BCUT2D eigenvalue weighted by Crippen LogP contribution is 2.42. The average Bonchev–Trinajstić information content (AvgIpc) is 2.95. The Kier molecular flexibility index (Phi) is 6.61. The minimum Gasteiger partial charge on any atom is -0.394 e. The fourth-order valence-electron chi connectivity index (χ4n) is 1.71. The number of hydrogen-bond acceptors (Lipinski definition) is 10.